The number of hydrogen-bond donors (Lipinski definition) is 2. The van der Waals surface area contributed by atoms with Crippen LogP contribution in [-0.2, 0) is 0 Å². The van der Waals surface area contributed by atoms with E-state index in [2.05, 4.69) is 20.6 Å². The monoisotopic (exact) mass is 284 g/mol. The van der Waals surface area contributed by atoms with Crippen LogP contribution in [0.15, 0.2) is 36.7 Å². The molecule has 1 fully saturated rings. The van der Waals surface area contributed by atoms with E-state index in [1.165, 1.54) is 12.8 Å². The average molecular weight is 284 g/mol. The molecule has 5 heteroatoms. The molecule has 1 aliphatic carbocycles. The molecule has 0 saturated heterocycles. The number of nitrogens with one attached hydrogen (secondary N) is 2. The summed E-state index contributed by atoms with van der Waals surface area (Å²) in [5.41, 5.74) is 0.974. The minimum Gasteiger partial charge on any atom is -0.491 e. The zero-order valence-corrected chi connectivity index (χ0v) is 12.3. The molecule has 110 valence electrons. The summed E-state index contributed by atoms with van der Waals surface area (Å²) in [5, 5.41) is 6.63. The average Bonchev–Trinajstić information content (AvgIpc) is 3.25. The van der Waals surface area contributed by atoms with Crippen molar-refractivity contribution in [1.29, 1.82) is 0 Å². The van der Waals surface area contributed by atoms with Gasteiger partial charge < -0.3 is 15.4 Å². The molecular formula is C16H20N4O. The maximum atomic E-state index is 5.63. The summed E-state index contributed by atoms with van der Waals surface area (Å²) in [6.45, 7) is 4.03. The van der Waals surface area contributed by atoms with Crippen LogP contribution in [0, 0.1) is 0 Å². The van der Waals surface area contributed by atoms with E-state index in [9.17, 15) is 0 Å². The second kappa shape index (κ2) is 5.99. The molecule has 1 saturated carbocycles. The van der Waals surface area contributed by atoms with Crippen LogP contribution < -0.4 is 15.4 Å². The van der Waals surface area contributed by atoms with E-state index in [4.69, 9.17) is 4.74 Å². The molecule has 21 heavy (non-hydrogen) atoms. The molecule has 0 unspecified atom stereocenters. The predicted octanol–water partition coefficient (Wildman–Crippen LogP) is 3.58. The van der Waals surface area contributed by atoms with E-state index in [0.29, 0.717) is 6.04 Å². The van der Waals surface area contributed by atoms with Crippen molar-refractivity contribution >= 4 is 17.3 Å². The van der Waals surface area contributed by atoms with Crippen molar-refractivity contribution in [2.75, 3.05) is 10.6 Å². The van der Waals surface area contributed by atoms with Crippen molar-refractivity contribution in [3.8, 4) is 5.75 Å². The van der Waals surface area contributed by atoms with E-state index >= 15 is 0 Å². The fraction of sp³-hybridized carbons (Fsp3) is 0.375. The fourth-order valence-corrected chi connectivity index (χ4v) is 1.98. The van der Waals surface area contributed by atoms with Crippen LogP contribution in [0.5, 0.6) is 5.75 Å². The van der Waals surface area contributed by atoms with Gasteiger partial charge >= 0.3 is 0 Å². The Labute approximate surface area is 124 Å². The number of ether oxygens (including phenoxy) is 1. The van der Waals surface area contributed by atoms with Crippen molar-refractivity contribution in [2.45, 2.75) is 38.8 Å². The summed E-state index contributed by atoms with van der Waals surface area (Å²) in [4.78, 5) is 8.47. The zero-order valence-electron chi connectivity index (χ0n) is 12.3. The van der Waals surface area contributed by atoms with Gasteiger partial charge in [0.2, 0.25) is 0 Å². The van der Waals surface area contributed by atoms with Gasteiger partial charge in [0, 0.05) is 17.8 Å². The van der Waals surface area contributed by atoms with Gasteiger partial charge in [-0.2, -0.15) is 0 Å². The number of nitrogens with zero attached hydrogens (tertiary/aromatic N) is 2. The third-order valence-electron chi connectivity index (χ3n) is 3.09. The van der Waals surface area contributed by atoms with Crippen LogP contribution in [0.25, 0.3) is 0 Å². The highest BCUT2D eigenvalue weighted by Gasteiger charge is 2.21. The highest BCUT2D eigenvalue weighted by atomic mass is 16.5. The molecule has 5 nitrogen and oxygen atoms in total. The zero-order chi connectivity index (χ0) is 14.7. The second-order valence-corrected chi connectivity index (χ2v) is 5.52. The standard InChI is InChI=1S/C16H20N4O/c1-11(2)21-14-7-5-13(6-8-14)20-16-9-15(17-10-18-16)19-12-3-4-12/h5-12H,3-4H2,1-2H3,(H2,17,18,19,20). The van der Waals surface area contributed by atoms with E-state index in [0.717, 1.165) is 23.1 Å². The normalized spacial score (nSPS) is 14.0. The summed E-state index contributed by atoms with van der Waals surface area (Å²) in [6.07, 6.45) is 4.21. The molecular weight excluding hydrogens is 264 g/mol. The van der Waals surface area contributed by atoms with Gasteiger partial charge in [0.05, 0.1) is 6.10 Å². The van der Waals surface area contributed by atoms with E-state index < -0.39 is 0 Å². The van der Waals surface area contributed by atoms with Gasteiger partial charge in [0.25, 0.3) is 0 Å². The molecule has 3 rings (SSSR count). The third kappa shape index (κ3) is 4.08. The first-order valence-electron chi connectivity index (χ1n) is 7.31. The first-order chi connectivity index (χ1) is 10.2. The summed E-state index contributed by atoms with van der Waals surface area (Å²) in [5.74, 6) is 2.52. The van der Waals surface area contributed by atoms with Gasteiger partial charge in [-0.25, -0.2) is 9.97 Å². The van der Waals surface area contributed by atoms with Crippen LogP contribution >= 0.6 is 0 Å². The lowest BCUT2D eigenvalue weighted by molar-refractivity contribution is 0.242. The Morgan fingerprint density at radius 1 is 1.10 bits per heavy atom. The minimum atomic E-state index is 0.182. The maximum Gasteiger partial charge on any atom is 0.135 e. The molecule has 0 radical (unpaired) electrons. The molecule has 0 aliphatic heterocycles. The Morgan fingerprint density at radius 3 is 2.48 bits per heavy atom. The van der Waals surface area contributed by atoms with Crippen LogP contribution in [0.2, 0.25) is 0 Å². The summed E-state index contributed by atoms with van der Waals surface area (Å²) in [7, 11) is 0. The highest BCUT2D eigenvalue weighted by Crippen LogP contribution is 2.25. The first kappa shape index (κ1) is 13.7. The SMILES string of the molecule is CC(C)Oc1ccc(Nc2cc(NC3CC3)ncn2)cc1. The molecule has 1 aromatic heterocycles. The Morgan fingerprint density at radius 2 is 1.81 bits per heavy atom. The van der Waals surface area contributed by atoms with Crippen molar-refractivity contribution in [3.63, 3.8) is 0 Å². The fourth-order valence-electron chi connectivity index (χ4n) is 1.98. The topological polar surface area (TPSA) is 59.1 Å². The van der Waals surface area contributed by atoms with Crippen molar-refractivity contribution < 1.29 is 4.74 Å². The predicted molar refractivity (Wildman–Crippen MR) is 84.2 cm³/mol. The Bertz CT molecular complexity index is 593. The summed E-state index contributed by atoms with van der Waals surface area (Å²) in [6, 6.07) is 10.4. The number of rotatable bonds is 6. The molecule has 0 bridgehead atoms. The molecule has 1 aliphatic rings. The maximum absolute atomic E-state index is 5.63. The molecule has 0 spiro atoms. The number of benzene rings is 1. The second-order valence-electron chi connectivity index (χ2n) is 5.52. The lowest BCUT2D eigenvalue weighted by Gasteiger charge is -2.11. The van der Waals surface area contributed by atoms with Crippen molar-refractivity contribution in [2.24, 2.45) is 0 Å². The van der Waals surface area contributed by atoms with Gasteiger partial charge in [0.15, 0.2) is 0 Å². The van der Waals surface area contributed by atoms with Gasteiger partial charge in [0.1, 0.15) is 23.7 Å². The van der Waals surface area contributed by atoms with E-state index in [1.807, 2.05) is 44.2 Å². The van der Waals surface area contributed by atoms with Crippen molar-refractivity contribution in [3.05, 3.63) is 36.7 Å². The molecule has 2 N–H and O–H groups in total. The van der Waals surface area contributed by atoms with Crippen LogP contribution in [-0.4, -0.2) is 22.1 Å². The van der Waals surface area contributed by atoms with Gasteiger partial charge in [-0.15, -0.1) is 0 Å². The molecule has 1 aromatic carbocycles. The molecule has 0 amide bonds. The van der Waals surface area contributed by atoms with E-state index in [-0.39, 0.29) is 6.10 Å². The molecule has 0 atom stereocenters. The smallest absolute Gasteiger partial charge is 0.135 e. The highest BCUT2D eigenvalue weighted by molar-refractivity contribution is 5.59. The van der Waals surface area contributed by atoms with Crippen molar-refractivity contribution in [1.82, 2.24) is 9.97 Å². The Balaban J connectivity index is 1.65. The Kier molecular flexibility index (Phi) is 3.90. The van der Waals surface area contributed by atoms with Gasteiger partial charge in [-0.1, -0.05) is 0 Å². The number of anilines is 3. The Hall–Kier alpha value is -2.30. The van der Waals surface area contributed by atoms with Crippen LogP contribution in [0.3, 0.4) is 0 Å². The van der Waals surface area contributed by atoms with Gasteiger partial charge in [-0.3, -0.25) is 0 Å². The van der Waals surface area contributed by atoms with Gasteiger partial charge in [-0.05, 0) is 51.0 Å². The van der Waals surface area contributed by atoms with E-state index in [1.54, 1.807) is 6.33 Å². The first-order valence-corrected chi connectivity index (χ1v) is 7.31. The summed E-state index contributed by atoms with van der Waals surface area (Å²) >= 11 is 0. The van der Waals surface area contributed by atoms with Crippen LogP contribution in [0.4, 0.5) is 17.3 Å². The number of hydrogen-bond acceptors (Lipinski definition) is 5. The minimum absolute atomic E-state index is 0.182. The lowest BCUT2D eigenvalue weighted by Crippen LogP contribution is -2.05. The number of aromatic nitrogens is 2. The molecule has 2 aromatic rings. The quantitative estimate of drug-likeness (QED) is 0.849. The molecule has 1 heterocycles. The lowest BCUT2D eigenvalue weighted by atomic mass is 10.3. The van der Waals surface area contributed by atoms with Crippen LogP contribution in [0.1, 0.15) is 26.7 Å². The summed E-state index contributed by atoms with van der Waals surface area (Å²) < 4.78 is 5.63. The largest absolute Gasteiger partial charge is 0.491 e. The third-order valence-corrected chi connectivity index (χ3v) is 3.09.